The predicted octanol–water partition coefficient (Wildman–Crippen LogP) is 1.30. The number of oxazole rings is 1. The van der Waals surface area contributed by atoms with E-state index >= 15 is 0 Å². The molecule has 0 radical (unpaired) electrons. The molecule has 2 aromatic rings. The number of hydrogen-bond donors (Lipinski definition) is 2. The van der Waals surface area contributed by atoms with Crippen LogP contribution in [0.4, 0.5) is 0 Å². The van der Waals surface area contributed by atoms with Crippen molar-refractivity contribution in [1.29, 1.82) is 0 Å². The monoisotopic (exact) mass is 261 g/mol. The lowest BCUT2D eigenvalue weighted by atomic mass is 10.2. The fraction of sp³-hybridized carbons (Fsp3) is 0.500. The number of fused-ring (bicyclic) bond motifs is 1. The molecule has 1 atom stereocenters. The Hall–Kier alpha value is -1.43. The number of nitrogens with one attached hydrogen (secondary N) is 2. The van der Waals surface area contributed by atoms with E-state index in [1.54, 1.807) is 0 Å². The molecule has 1 aliphatic heterocycles. The summed E-state index contributed by atoms with van der Waals surface area (Å²) in [5.41, 5.74) is 2.97. The molecule has 5 heteroatoms. The van der Waals surface area contributed by atoms with Crippen molar-refractivity contribution in [1.82, 2.24) is 15.6 Å². The van der Waals surface area contributed by atoms with Crippen molar-refractivity contribution in [3.05, 3.63) is 30.2 Å². The van der Waals surface area contributed by atoms with Crippen molar-refractivity contribution >= 4 is 11.1 Å². The summed E-state index contributed by atoms with van der Waals surface area (Å²) in [6.07, 6.45) is 2.87. The molecule has 1 unspecified atom stereocenters. The Morgan fingerprint density at radius 3 is 3.32 bits per heavy atom. The second kappa shape index (κ2) is 6.14. The third-order valence-corrected chi connectivity index (χ3v) is 3.37. The normalized spacial score (nSPS) is 19.9. The smallest absolute Gasteiger partial charge is 0.181 e. The molecule has 0 spiro atoms. The van der Waals surface area contributed by atoms with E-state index in [-0.39, 0.29) is 0 Å². The zero-order chi connectivity index (χ0) is 12.9. The highest BCUT2D eigenvalue weighted by Crippen LogP contribution is 2.14. The van der Waals surface area contributed by atoms with Gasteiger partial charge in [0.05, 0.1) is 12.7 Å². The highest BCUT2D eigenvalue weighted by molar-refractivity contribution is 5.72. The molecule has 0 aliphatic carbocycles. The summed E-state index contributed by atoms with van der Waals surface area (Å²) in [4.78, 5) is 4.11. The Balaban J connectivity index is 1.43. The third kappa shape index (κ3) is 3.32. The molecule has 1 aliphatic rings. The van der Waals surface area contributed by atoms with Gasteiger partial charge in [0.2, 0.25) is 0 Å². The van der Waals surface area contributed by atoms with Crippen LogP contribution in [-0.2, 0) is 11.3 Å². The fourth-order valence-corrected chi connectivity index (χ4v) is 2.31. The first-order valence-corrected chi connectivity index (χ1v) is 6.77. The SMILES string of the molecule is c1nc2ccc(CNCCC3CNCCO3)cc2o1. The first-order valence-electron chi connectivity index (χ1n) is 6.77. The molecule has 102 valence electrons. The molecule has 0 amide bonds. The van der Waals surface area contributed by atoms with Crippen molar-refractivity contribution in [2.24, 2.45) is 0 Å². The van der Waals surface area contributed by atoms with Crippen molar-refractivity contribution < 1.29 is 9.15 Å². The number of hydrogen-bond acceptors (Lipinski definition) is 5. The van der Waals surface area contributed by atoms with E-state index in [9.17, 15) is 0 Å². The van der Waals surface area contributed by atoms with Gasteiger partial charge in [0, 0.05) is 19.6 Å². The Bertz CT molecular complexity index is 520. The van der Waals surface area contributed by atoms with Crippen LogP contribution in [-0.4, -0.2) is 37.3 Å². The number of benzene rings is 1. The van der Waals surface area contributed by atoms with Crippen molar-refractivity contribution in [3.63, 3.8) is 0 Å². The van der Waals surface area contributed by atoms with Gasteiger partial charge < -0.3 is 19.8 Å². The lowest BCUT2D eigenvalue weighted by Gasteiger charge is -2.23. The van der Waals surface area contributed by atoms with Crippen LogP contribution in [0.2, 0.25) is 0 Å². The standard InChI is InChI=1S/C14H19N3O2/c1-2-13-14(19-10-17-13)7-11(1)8-15-4-3-12-9-16-5-6-18-12/h1-2,7,10,12,15-16H,3-6,8-9H2. The van der Waals surface area contributed by atoms with E-state index in [0.29, 0.717) is 6.10 Å². The highest BCUT2D eigenvalue weighted by Gasteiger charge is 2.12. The van der Waals surface area contributed by atoms with Gasteiger partial charge in [-0.1, -0.05) is 6.07 Å². The van der Waals surface area contributed by atoms with Gasteiger partial charge in [0.15, 0.2) is 12.0 Å². The minimum Gasteiger partial charge on any atom is -0.443 e. The van der Waals surface area contributed by atoms with Crippen molar-refractivity contribution in [2.45, 2.75) is 19.1 Å². The average Bonchev–Trinajstić information content (AvgIpc) is 2.92. The summed E-state index contributed by atoms with van der Waals surface area (Å²) >= 11 is 0. The van der Waals surface area contributed by atoms with E-state index in [2.05, 4.69) is 21.7 Å². The second-order valence-corrected chi connectivity index (χ2v) is 4.82. The van der Waals surface area contributed by atoms with Crippen LogP contribution in [0.1, 0.15) is 12.0 Å². The quantitative estimate of drug-likeness (QED) is 0.794. The first-order chi connectivity index (χ1) is 9.42. The summed E-state index contributed by atoms with van der Waals surface area (Å²) < 4.78 is 10.9. The Labute approximate surface area is 112 Å². The largest absolute Gasteiger partial charge is 0.443 e. The second-order valence-electron chi connectivity index (χ2n) is 4.82. The van der Waals surface area contributed by atoms with Crippen molar-refractivity contribution in [2.75, 3.05) is 26.2 Å². The number of rotatable bonds is 5. The summed E-state index contributed by atoms with van der Waals surface area (Å²) in [7, 11) is 0. The summed E-state index contributed by atoms with van der Waals surface area (Å²) in [6, 6.07) is 6.11. The summed E-state index contributed by atoms with van der Waals surface area (Å²) in [6.45, 7) is 4.57. The van der Waals surface area contributed by atoms with Gasteiger partial charge in [0.1, 0.15) is 5.52 Å². The molecule has 0 bridgehead atoms. The Morgan fingerprint density at radius 2 is 2.42 bits per heavy atom. The van der Waals surface area contributed by atoms with Gasteiger partial charge in [-0.05, 0) is 30.7 Å². The molecule has 1 aromatic heterocycles. The number of nitrogens with zero attached hydrogens (tertiary/aromatic N) is 1. The van der Waals surface area contributed by atoms with E-state index in [1.165, 1.54) is 12.0 Å². The molecule has 0 saturated carbocycles. The van der Waals surface area contributed by atoms with Gasteiger partial charge in [-0.15, -0.1) is 0 Å². The maximum Gasteiger partial charge on any atom is 0.181 e. The van der Waals surface area contributed by atoms with Crippen LogP contribution in [0.5, 0.6) is 0 Å². The third-order valence-electron chi connectivity index (χ3n) is 3.37. The predicted molar refractivity (Wildman–Crippen MR) is 72.9 cm³/mol. The van der Waals surface area contributed by atoms with E-state index in [1.807, 2.05) is 12.1 Å². The lowest BCUT2D eigenvalue weighted by molar-refractivity contribution is 0.0238. The Kier molecular flexibility index (Phi) is 4.07. The topological polar surface area (TPSA) is 59.3 Å². The molecule has 3 rings (SSSR count). The van der Waals surface area contributed by atoms with E-state index in [4.69, 9.17) is 9.15 Å². The van der Waals surface area contributed by atoms with Crippen LogP contribution in [0.3, 0.4) is 0 Å². The molecule has 19 heavy (non-hydrogen) atoms. The molecule has 1 aromatic carbocycles. The zero-order valence-corrected chi connectivity index (χ0v) is 10.9. The summed E-state index contributed by atoms with van der Waals surface area (Å²) in [5.74, 6) is 0. The van der Waals surface area contributed by atoms with Crippen LogP contribution in [0.25, 0.3) is 11.1 Å². The highest BCUT2D eigenvalue weighted by atomic mass is 16.5. The van der Waals surface area contributed by atoms with Gasteiger partial charge in [-0.3, -0.25) is 0 Å². The fourth-order valence-electron chi connectivity index (χ4n) is 2.31. The van der Waals surface area contributed by atoms with Gasteiger partial charge in [0.25, 0.3) is 0 Å². The first kappa shape index (κ1) is 12.6. The number of aromatic nitrogens is 1. The summed E-state index contributed by atoms with van der Waals surface area (Å²) in [5, 5.41) is 6.77. The van der Waals surface area contributed by atoms with E-state index < -0.39 is 0 Å². The van der Waals surface area contributed by atoms with Crippen LogP contribution in [0.15, 0.2) is 29.0 Å². The molecular weight excluding hydrogens is 242 g/mol. The lowest BCUT2D eigenvalue weighted by Crippen LogP contribution is -2.39. The van der Waals surface area contributed by atoms with E-state index in [0.717, 1.165) is 50.3 Å². The molecular formula is C14H19N3O2. The number of morpholine rings is 1. The van der Waals surface area contributed by atoms with Crippen LogP contribution in [0, 0.1) is 0 Å². The van der Waals surface area contributed by atoms with Gasteiger partial charge >= 0.3 is 0 Å². The molecule has 1 fully saturated rings. The van der Waals surface area contributed by atoms with Gasteiger partial charge in [-0.2, -0.15) is 0 Å². The minimum atomic E-state index is 0.345. The van der Waals surface area contributed by atoms with Crippen LogP contribution >= 0.6 is 0 Å². The average molecular weight is 261 g/mol. The molecule has 5 nitrogen and oxygen atoms in total. The minimum absolute atomic E-state index is 0.345. The van der Waals surface area contributed by atoms with Crippen molar-refractivity contribution in [3.8, 4) is 0 Å². The molecule has 1 saturated heterocycles. The maximum absolute atomic E-state index is 5.65. The maximum atomic E-state index is 5.65. The molecule has 2 N–H and O–H groups in total. The Morgan fingerprint density at radius 1 is 1.42 bits per heavy atom. The van der Waals surface area contributed by atoms with Crippen LogP contribution < -0.4 is 10.6 Å². The van der Waals surface area contributed by atoms with Gasteiger partial charge in [-0.25, -0.2) is 4.98 Å². The number of ether oxygens (including phenoxy) is 1. The zero-order valence-electron chi connectivity index (χ0n) is 10.9. The molecule has 2 heterocycles.